The Morgan fingerprint density at radius 3 is 1.84 bits per heavy atom. The van der Waals surface area contributed by atoms with Gasteiger partial charge in [0.15, 0.2) is 0 Å². The SMILES string of the molecule is O=S(=O)(OS1(c2cccc3ccccc23)CCCC1)C(F)(F)C(F)(F)C(F)(F)C(F)(F)F. The topological polar surface area (TPSA) is 43.4 Å². The first-order valence-corrected chi connectivity index (χ1v) is 12.2. The van der Waals surface area contributed by atoms with Crippen molar-refractivity contribution in [1.82, 2.24) is 0 Å². The van der Waals surface area contributed by atoms with Crippen LogP contribution in [0.15, 0.2) is 47.4 Å². The minimum absolute atomic E-state index is 0.0957. The molecule has 2 aromatic carbocycles. The molecule has 1 aliphatic rings. The summed E-state index contributed by atoms with van der Waals surface area (Å²) >= 11 is 0. The molecule has 0 N–H and O–H groups in total. The molecule has 1 aliphatic heterocycles. The monoisotopic (exact) mass is 514 g/mol. The third-order valence-electron chi connectivity index (χ3n) is 5.00. The van der Waals surface area contributed by atoms with Gasteiger partial charge in [0.25, 0.3) is 0 Å². The van der Waals surface area contributed by atoms with Crippen molar-refractivity contribution in [1.29, 1.82) is 0 Å². The average Bonchev–Trinajstić information content (AvgIpc) is 3.15. The third kappa shape index (κ3) is 3.63. The van der Waals surface area contributed by atoms with Crippen LogP contribution < -0.4 is 0 Å². The first kappa shape index (κ1) is 25.0. The van der Waals surface area contributed by atoms with Gasteiger partial charge in [0.1, 0.15) is 0 Å². The minimum Gasteiger partial charge on any atom is -0.211 e. The van der Waals surface area contributed by atoms with Gasteiger partial charge in [0.05, 0.1) is 0 Å². The lowest BCUT2D eigenvalue weighted by atomic mass is 10.1. The van der Waals surface area contributed by atoms with Crippen LogP contribution >= 0.6 is 10.3 Å². The van der Waals surface area contributed by atoms with Crippen molar-refractivity contribution in [3.05, 3.63) is 42.5 Å². The lowest BCUT2D eigenvalue weighted by Gasteiger charge is -2.38. The summed E-state index contributed by atoms with van der Waals surface area (Å²) in [6.45, 7) is 0. The maximum absolute atomic E-state index is 14.2. The Bertz CT molecular complexity index is 1100. The third-order valence-corrected chi connectivity index (χ3v) is 10.7. The summed E-state index contributed by atoms with van der Waals surface area (Å²) < 4.78 is 148. The Morgan fingerprint density at radius 1 is 0.750 bits per heavy atom. The quantitative estimate of drug-likeness (QED) is 0.415. The van der Waals surface area contributed by atoms with E-state index in [1.54, 1.807) is 18.2 Å². The van der Waals surface area contributed by atoms with E-state index in [2.05, 4.69) is 3.63 Å². The van der Waals surface area contributed by atoms with E-state index in [-0.39, 0.29) is 29.2 Å². The predicted molar refractivity (Wildman–Crippen MR) is 99.7 cm³/mol. The lowest BCUT2D eigenvalue weighted by molar-refractivity contribution is -0.382. The standard InChI is InChI=1S/C18H15F9O3S2/c19-15(20,17(23,24)25)16(21,22)18(26,27)32(28,29)30-31(10-3-4-11-31)14-9-5-7-12-6-1-2-8-13(12)14/h1-2,5-9H,3-4,10-11H2. The van der Waals surface area contributed by atoms with Gasteiger partial charge in [-0.2, -0.15) is 47.9 Å². The number of alkyl halides is 9. The molecule has 0 unspecified atom stereocenters. The van der Waals surface area contributed by atoms with Crippen LogP contribution in [0.1, 0.15) is 12.8 Å². The highest BCUT2D eigenvalue weighted by atomic mass is 32.3. The molecule has 2 aromatic rings. The maximum Gasteiger partial charge on any atom is 0.460 e. The second-order valence-electron chi connectivity index (χ2n) is 7.09. The number of halogens is 9. The molecule has 0 aromatic heterocycles. The minimum atomic E-state index is -7.34. The smallest absolute Gasteiger partial charge is 0.211 e. The van der Waals surface area contributed by atoms with Gasteiger partial charge in [0.2, 0.25) is 0 Å². The summed E-state index contributed by atoms with van der Waals surface area (Å²) in [6.07, 6.45) is -6.65. The summed E-state index contributed by atoms with van der Waals surface area (Å²) in [7, 11) is -10.2. The van der Waals surface area contributed by atoms with E-state index in [4.69, 9.17) is 0 Å². The zero-order valence-electron chi connectivity index (χ0n) is 15.8. The van der Waals surface area contributed by atoms with Crippen molar-refractivity contribution < 1.29 is 51.6 Å². The first-order chi connectivity index (χ1) is 14.5. The second-order valence-corrected chi connectivity index (χ2v) is 11.9. The molecule has 3 rings (SSSR count). The van der Waals surface area contributed by atoms with E-state index in [1.807, 2.05) is 0 Å². The van der Waals surface area contributed by atoms with Gasteiger partial charge in [-0.1, -0.05) is 46.7 Å². The van der Waals surface area contributed by atoms with Gasteiger partial charge in [-0.25, -0.2) is 3.63 Å². The van der Waals surface area contributed by atoms with E-state index in [0.717, 1.165) is 0 Å². The van der Waals surface area contributed by atoms with Crippen LogP contribution in [-0.2, 0) is 13.7 Å². The maximum atomic E-state index is 14.2. The van der Waals surface area contributed by atoms with E-state index >= 15 is 0 Å². The fourth-order valence-corrected chi connectivity index (χ4v) is 9.24. The highest BCUT2D eigenvalue weighted by molar-refractivity contribution is 8.33. The molecule has 0 bridgehead atoms. The summed E-state index contributed by atoms with van der Waals surface area (Å²) in [5.74, 6) is -15.0. The van der Waals surface area contributed by atoms with Crippen LogP contribution in [-0.4, -0.2) is 43.2 Å². The van der Waals surface area contributed by atoms with Crippen LogP contribution in [0.2, 0.25) is 0 Å². The largest absolute Gasteiger partial charge is 0.460 e. The fourth-order valence-electron chi connectivity index (χ4n) is 3.35. The van der Waals surface area contributed by atoms with Crippen LogP contribution in [0.4, 0.5) is 39.5 Å². The van der Waals surface area contributed by atoms with Gasteiger partial charge in [-0.3, -0.25) is 0 Å². The van der Waals surface area contributed by atoms with Crippen LogP contribution in [0.3, 0.4) is 0 Å². The molecule has 0 aliphatic carbocycles. The zero-order chi connectivity index (χ0) is 24.2. The Balaban J connectivity index is 2.12. The highest BCUT2D eigenvalue weighted by Gasteiger charge is 2.86. The van der Waals surface area contributed by atoms with Gasteiger partial charge >= 0.3 is 33.4 Å². The molecule has 1 heterocycles. The van der Waals surface area contributed by atoms with Crippen molar-refractivity contribution in [3.63, 3.8) is 0 Å². The normalized spacial score (nSPS) is 19.3. The first-order valence-electron chi connectivity index (χ1n) is 8.92. The average molecular weight is 514 g/mol. The molecule has 1 fully saturated rings. The molecule has 0 radical (unpaired) electrons. The fraction of sp³-hybridized carbons (Fsp3) is 0.444. The second kappa shape index (κ2) is 7.69. The van der Waals surface area contributed by atoms with Crippen molar-refractivity contribution in [3.8, 4) is 0 Å². The lowest BCUT2D eigenvalue weighted by Crippen LogP contribution is -2.63. The number of hydrogen-bond donors (Lipinski definition) is 0. The van der Waals surface area contributed by atoms with E-state index < -0.39 is 43.7 Å². The molecule has 32 heavy (non-hydrogen) atoms. The van der Waals surface area contributed by atoms with Gasteiger partial charge in [-0.15, -0.1) is 0 Å². The number of hydrogen-bond acceptors (Lipinski definition) is 3. The Hall–Kier alpha value is -1.67. The van der Waals surface area contributed by atoms with Crippen LogP contribution in [0, 0.1) is 0 Å². The molecule has 14 heteroatoms. The molecule has 0 atom stereocenters. The molecular weight excluding hydrogens is 499 g/mol. The number of rotatable bonds is 6. The summed E-state index contributed by atoms with van der Waals surface area (Å²) in [4.78, 5) is 0.0957. The van der Waals surface area contributed by atoms with E-state index in [1.165, 1.54) is 24.3 Å². The molecule has 0 saturated carbocycles. The van der Waals surface area contributed by atoms with Gasteiger partial charge < -0.3 is 0 Å². The Labute approximate surface area is 178 Å². The zero-order valence-corrected chi connectivity index (χ0v) is 17.4. The molecule has 1 saturated heterocycles. The Kier molecular flexibility index (Phi) is 6.00. The van der Waals surface area contributed by atoms with Crippen LogP contribution in [0.25, 0.3) is 10.8 Å². The van der Waals surface area contributed by atoms with Crippen molar-refractivity contribution >= 4 is 31.2 Å². The van der Waals surface area contributed by atoms with Gasteiger partial charge in [0, 0.05) is 16.4 Å². The van der Waals surface area contributed by atoms with E-state index in [0.29, 0.717) is 10.8 Å². The molecule has 3 nitrogen and oxygen atoms in total. The number of benzene rings is 2. The Morgan fingerprint density at radius 2 is 1.28 bits per heavy atom. The molecule has 0 amide bonds. The van der Waals surface area contributed by atoms with Crippen molar-refractivity contribution in [2.45, 2.75) is 41.0 Å². The van der Waals surface area contributed by atoms with E-state index in [9.17, 15) is 47.9 Å². The highest BCUT2D eigenvalue weighted by Crippen LogP contribution is 2.66. The summed E-state index contributed by atoms with van der Waals surface area (Å²) in [5.41, 5.74) is 0. The molecule has 0 spiro atoms. The molecular formula is C18H15F9O3S2. The van der Waals surface area contributed by atoms with Crippen molar-refractivity contribution in [2.75, 3.05) is 11.5 Å². The number of fused-ring (bicyclic) bond motifs is 1. The van der Waals surface area contributed by atoms with Crippen LogP contribution in [0.5, 0.6) is 0 Å². The van der Waals surface area contributed by atoms with Crippen molar-refractivity contribution in [2.24, 2.45) is 0 Å². The summed E-state index contributed by atoms with van der Waals surface area (Å²) in [5, 5.41) is -5.98. The summed E-state index contributed by atoms with van der Waals surface area (Å²) in [6, 6.07) is 10.6. The van der Waals surface area contributed by atoms with Gasteiger partial charge in [-0.05, 0) is 29.7 Å². The predicted octanol–water partition coefficient (Wildman–Crippen LogP) is 6.48. The molecule has 180 valence electrons.